The first-order valence-corrected chi connectivity index (χ1v) is 21.4. The minimum absolute atomic E-state index is 0.417. The first kappa shape index (κ1) is 34.1. The van der Waals surface area contributed by atoms with E-state index in [1.54, 1.807) is 11.3 Å². The molecule has 286 valence electrons. The molecule has 1 unspecified atom stereocenters. The van der Waals surface area contributed by atoms with Crippen LogP contribution in [0.25, 0.3) is 91.5 Å². The zero-order valence-electron chi connectivity index (χ0n) is 32.7. The molecule has 61 heavy (non-hydrogen) atoms. The van der Waals surface area contributed by atoms with Gasteiger partial charge < -0.3 is 14.3 Å². The molecule has 0 saturated carbocycles. The molecule has 0 saturated heterocycles. The maximum atomic E-state index is 6.83. The lowest BCUT2D eigenvalue weighted by atomic mass is 10.0. The van der Waals surface area contributed by atoms with Crippen molar-refractivity contribution in [2.45, 2.75) is 6.17 Å². The summed E-state index contributed by atoms with van der Waals surface area (Å²) in [5, 5.41) is 13.2. The second-order valence-electron chi connectivity index (χ2n) is 15.8. The minimum Gasteiger partial charge on any atom is -0.455 e. The topological polar surface area (TPSA) is 54.8 Å². The molecule has 1 aliphatic rings. The van der Waals surface area contributed by atoms with Crippen LogP contribution in [0.15, 0.2) is 209 Å². The normalized spacial score (nSPS) is 14.4. The van der Waals surface area contributed by atoms with E-state index in [1.165, 1.54) is 47.3 Å². The molecule has 6 heteroatoms. The molecule has 1 atom stereocenters. The fourth-order valence-corrected chi connectivity index (χ4v) is 10.6. The van der Waals surface area contributed by atoms with Crippen LogP contribution in [-0.4, -0.2) is 16.2 Å². The maximum Gasteiger partial charge on any atom is 0.160 e. The SMILES string of the molecule is c1ccc(-c2ccc(C3N=C(c4cccc5c4sc4ccccc45)N=C(c4cc(-n5c6ccccc6c6cc7ccccc7cc65)cc5c4oc4ccccc45)N3)cc2)cc1. The van der Waals surface area contributed by atoms with Gasteiger partial charge in [-0.2, -0.15) is 0 Å². The maximum absolute atomic E-state index is 6.83. The van der Waals surface area contributed by atoms with Crippen LogP contribution >= 0.6 is 11.3 Å². The number of amidine groups is 2. The van der Waals surface area contributed by atoms with E-state index in [1.807, 2.05) is 12.1 Å². The first-order chi connectivity index (χ1) is 30.2. The Balaban J connectivity index is 1.06. The van der Waals surface area contributed by atoms with Gasteiger partial charge in [0, 0.05) is 53.0 Å². The second kappa shape index (κ2) is 13.4. The quantitative estimate of drug-likeness (QED) is 0.189. The molecule has 1 N–H and O–H groups in total. The van der Waals surface area contributed by atoms with Crippen LogP contribution in [0.1, 0.15) is 22.9 Å². The summed E-state index contributed by atoms with van der Waals surface area (Å²) in [5.74, 6) is 1.39. The molecule has 0 aliphatic carbocycles. The molecule has 3 aromatic heterocycles. The van der Waals surface area contributed by atoms with Gasteiger partial charge >= 0.3 is 0 Å². The highest BCUT2D eigenvalue weighted by molar-refractivity contribution is 7.26. The fourth-order valence-electron chi connectivity index (χ4n) is 9.34. The molecule has 0 amide bonds. The highest BCUT2D eigenvalue weighted by Gasteiger charge is 2.27. The van der Waals surface area contributed by atoms with Crippen molar-refractivity contribution in [3.63, 3.8) is 0 Å². The van der Waals surface area contributed by atoms with E-state index < -0.39 is 6.17 Å². The number of para-hydroxylation sites is 2. The van der Waals surface area contributed by atoms with Crippen molar-refractivity contribution < 1.29 is 4.42 Å². The van der Waals surface area contributed by atoms with Gasteiger partial charge in [0.05, 0.1) is 16.6 Å². The summed E-state index contributed by atoms with van der Waals surface area (Å²) >= 11 is 1.79. The summed E-state index contributed by atoms with van der Waals surface area (Å²) in [6, 6.07) is 69.1. The lowest BCUT2D eigenvalue weighted by Crippen LogP contribution is -2.33. The first-order valence-electron chi connectivity index (χ1n) is 20.6. The van der Waals surface area contributed by atoms with Gasteiger partial charge in [-0.3, -0.25) is 0 Å². The summed E-state index contributed by atoms with van der Waals surface area (Å²) in [6.45, 7) is 0. The van der Waals surface area contributed by atoms with Crippen LogP contribution in [0, 0.1) is 0 Å². The Morgan fingerprint density at radius 2 is 1.21 bits per heavy atom. The number of aromatic nitrogens is 1. The smallest absolute Gasteiger partial charge is 0.160 e. The summed E-state index contributed by atoms with van der Waals surface area (Å²) in [4.78, 5) is 10.9. The van der Waals surface area contributed by atoms with Gasteiger partial charge in [-0.25, -0.2) is 9.98 Å². The largest absolute Gasteiger partial charge is 0.455 e. The molecule has 4 heterocycles. The average Bonchev–Trinajstić information content (AvgIpc) is 4.00. The Hall–Kier alpha value is -7.80. The van der Waals surface area contributed by atoms with Gasteiger partial charge in [0.1, 0.15) is 23.2 Å². The Bertz CT molecular complexity index is 3800. The van der Waals surface area contributed by atoms with E-state index in [0.29, 0.717) is 11.7 Å². The summed E-state index contributed by atoms with van der Waals surface area (Å²) < 4.78 is 11.6. The van der Waals surface area contributed by atoms with Crippen molar-refractivity contribution in [3.8, 4) is 16.8 Å². The molecule has 0 fully saturated rings. The monoisotopic (exact) mass is 798 g/mol. The fraction of sp³-hybridized carbons (Fsp3) is 0.0182. The van der Waals surface area contributed by atoms with Gasteiger partial charge in [-0.15, -0.1) is 11.3 Å². The Morgan fingerprint density at radius 1 is 0.508 bits per heavy atom. The van der Waals surface area contributed by atoms with Crippen molar-refractivity contribution in [2.24, 2.45) is 9.98 Å². The van der Waals surface area contributed by atoms with Crippen molar-refractivity contribution >= 4 is 97.7 Å². The molecule has 5 nitrogen and oxygen atoms in total. The lowest BCUT2D eigenvalue weighted by molar-refractivity contribution is 0.659. The van der Waals surface area contributed by atoms with Crippen LogP contribution < -0.4 is 5.32 Å². The van der Waals surface area contributed by atoms with E-state index >= 15 is 0 Å². The van der Waals surface area contributed by atoms with E-state index in [-0.39, 0.29) is 0 Å². The number of benzene rings is 9. The summed E-state index contributed by atoms with van der Waals surface area (Å²) in [5.41, 5.74) is 10.2. The third-order valence-corrected chi connectivity index (χ3v) is 13.5. The van der Waals surface area contributed by atoms with E-state index in [4.69, 9.17) is 14.4 Å². The molecule has 13 rings (SSSR count). The van der Waals surface area contributed by atoms with Gasteiger partial charge in [0.2, 0.25) is 0 Å². The second-order valence-corrected chi connectivity index (χ2v) is 16.8. The standard InChI is InChI=1S/C55H34N4OS/c1-2-13-33(14-3-1)34-25-27-35(28-26-34)53-56-54(43-21-12-20-42-41-19-8-11-24-50(41)61-52(42)43)58-55(57-53)46-32-38(31-45-40-18-7-10-23-49(40)60-51(45)46)59-47-22-9-6-17-39(47)44-29-36-15-4-5-16-37(36)30-48(44)59/h1-32,53H,(H,56,57,58). The number of thiophene rings is 1. The lowest BCUT2D eigenvalue weighted by Gasteiger charge is -2.24. The predicted octanol–water partition coefficient (Wildman–Crippen LogP) is 14.4. The molecule has 9 aromatic carbocycles. The third kappa shape index (κ3) is 5.39. The molecule has 12 aromatic rings. The van der Waals surface area contributed by atoms with Gasteiger partial charge in [-0.1, -0.05) is 146 Å². The summed E-state index contributed by atoms with van der Waals surface area (Å²) in [6.07, 6.45) is -0.417. The molecule has 0 radical (unpaired) electrons. The number of fused-ring (bicyclic) bond motifs is 10. The molecule has 1 aliphatic heterocycles. The number of furan rings is 1. The van der Waals surface area contributed by atoms with Crippen LogP contribution in [0.2, 0.25) is 0 Å². The van der Waals surface area contributed by atoms with Crippen molar-refractivity contribution in [2.75, 3.05) is 0 Å². The highest BCUT2D eigenvalue weighted by atomic mass is 32.1. The van der Waals surface area contributed by atoms with Gasteiger partial charge in [-0.05, 0) is 76.0 Å². The molecular formula is C55H34N4OS. The molecule has 0 spiro atoms. The van der Waals surface area contributed by atoms with E-state index in [0.717, 1.165) is 60.9 Å². The predicted molar refractivity (Wildman–Crippen MR) is 256 cm³/mol. The zero-order valence-corrected chi connectivity index (χ0v) is 33.5. The van der Waals surface area contributed by atoms with E-state index in [9.17, 15) is 0 Å². The number of hydrogen-bond acceptors (Lipinski definition) is 5. The zero-order chi connectivity index (χ0) is 40.0. The third-order valence-electron chi connectivity index (χ3n) is 12.2. The number of nitrogens with zero attached hydrogens (tertiary/aromatic N) is 3. The Kier molecular flexibility index (Phi) is 7.47. The number of aliphatic imine (C=N–C) groups is 2. The van der Waals surface area contributed by atoms with Crippen LogP contribution in [0.5, 0.6) is 0 Å². The van der Waals surface area contributed by atoms with Gasteiger partial charge in [0.25, 0.3) is 0 Å². The van der Waals surface area contributed by atoms with Gasteiger partial charge in [0.15, 0.2) is 5.84 Å². The van der Waals surface area contributed by atoms with Crippen molar-refractivity contribution in [3.05, 3.63) is 211 Å². The minimum atomic E-state index is -0.417. The molecular weight excluding hydrogens is 765 g/mol. The Morgan fingerprint density at radius 3 is 2.08 bits per heavy atom. The number of rotatable bonds is 5. The van der Waals surface area contributed by atoms with E-state index in [2.05, 4.69) is 192 Å². The van der Waals surface area contributed by atoms with Crippen LogP contribution in [0.3, 0.4) is 0 Å². The summed E-state index contributed by atoms with van der Waals surface area (Å²) in [7, 11) is 0. The van der Waals surface area contributed by atoms with Crippen molar-refractivity contribution in [1.82, 2.24) is 9.88 Å². The van der Waals surface area contributed by atoms with Crippen molar-refractivity contribution in [1.29, 1.82) is 0 Å². The Labute approximate surface area is 354 Å². The van der Waals surface area contributed by atoms with Crippen LogP contribution in [-0.2, 0) is 0 Å². The highest BCUT2D eigenvalue weighted by Crippen LogP contribution is 2.41. The molecule has 0 bridgehead atoms. The average molecular weight is 799 g/mol. The number of hydrogen-bond donors (Lipinski definition) is 1. The number of nitrogens with one attached hydrogen (secondary N) is 1. The van der Waals surface area contributed by atoms with Crippen LogP contribution in [0.4, 0.5) is 0 Å².